The lowest BCUT2D eigenvalue weighted by Crippen LogP contribution is -2.09. The normalized spacial score (nSPS) is 10.5. The van der Waals surface area contributed by atoms with E-state index in [-0.39, 0.29) is 39.1 Å². The van der Waals surface area contributed by atoms with E-state index in [0.29, 0.717) is 11.3 Å². The first-order valence-electron chi connectivity index (χ1n) is 6.01. The van der Waals surface area contributed by atoms with Crippen LogP contribution in [-0.4, -0.2) is 10.9 Å². The Kier molecular flexibility index (Phi) is 3.32. The molecule has 4 heteroatoms. The Bertz CT molecular complexity index is 810. The lowest BCUT2D eigenvalue weighted by molar-refractivity contribution is 0.101. The van der Waals surface area contributed by atoms with E-state index in [0.717, 1.165) is 0 Å². The van der Waals surface area contributed by atoms with Crippen molar-refractivity contribution in [3.8, 4) is 5.75 Å². The molecule has 4 nitrogen and oxygen atoms in total. The first-order chi connectivity index (χ1) is 9.42. The molecule has 20 heavy (non-hydrogen) atoms. The number of rotatable bonds is 3. The monoisotopic (exact) mass is 270 g/mol. The summed E-state index contributed by atoms with van der Waals surface area (Å²) in [6, 6.07) is 1.35. The van der Waals surface area contributed by atoms with Crippen LogP contribution in [0.25, 0.3) is 23.1 Å². The molecule has 0 bridgehead atoms. The summed E-state index contributed by atoms with van der Waals surface area (Å²) in [5.41, 5.74) is 0.654. The summed E-state index contributed by atoms with van der Waals surface area (Å²) in [7, 11) is 0. The van der Waals surface area contributed by atoms with Crippen LogP contribution in [0, 0.1) is 6.92 Å². The van der Waals surface area contributed by atoms with Crippen LogP contribution in [0.2, 0.25) is 0 Å². The third kappa shape index (κ3) is 1.86. The number of fused-ring (bicyclic) bond motifs is 1. The maximum atomic E-state index is 12.3. The van der Waals surface area contributed by atoms with Crippen LogP contribution < -0.4 is 5.43 Å². The van der Waals surface area contributed by atoms with Crippen LogP contribution in [-0.2, 0) is 0 Å². The first kappa shape index (κ1) is 13.8. The minimum Gasteiger partial charge on any atom is -0.506 e. The molecule has 0 fully saturated rings. The average molecular weight is 270 g/mol. The third-order valence-corrected chi connectivity index (χ3v) is 3.22. The highest BCUT2D eigenvalue weighted by Crippen LogP contribution is 2.32. The highest BCUT2D eigenvalue weighted by molar-refractivity contribution is 6.03. The van der Waals surface area contributed by atoms with Crippen LogP contribution in [0.5, 0.6) is 5.75 Å². The minimum absolute atomic E-state index is 0.0745. The van der Waals surface area contributed by atoms with Gasteiger partial charge in [0.2, 0.25) is 0 Å². The molecule has 1 heterocycles. The quantitative estimate of drug-likeness (QED) is 0.869. The standard InChI is InChI=1S/C16H14O4/c1-5-10-15(19)11(9(4)17)7-12-14(18)8(3)13(6-2)20-16(10)12/h5-7,19H,1-2H2,3-4H3. The fourth-order valence-electron chi connectivity index (χ4n) is 2.11. The molecule has 0 atom stereocenters. The third-order valence-electron chi connectivity index (χ3n) is 3.22. The summed E-state index contributed by atoms with van der Waals surface area (Å²) in [6.45, 7) is 10.1. The lowest BCUT2D eigenvalue weighted by atomic mass is 10.00. The zero-order valence-corrected chi connectivity index (χ0v) is 11.3. The number of ketones is 1. The minimum atomic E-state index is -0.336. The van der Waals surface area contributed by atoms with Gasteiger partial charge in [-0.2, -0.15) is 0 Å². The van der Waals surface area contributed by atoms with Gasteiger partial charge in [-0.05, 0) is 26.0 Å². The van der Waals surface area contributed by atoms with Crippen molar-refractivity contribution in [2.24, 2.45) is 0 Å². The average Bonchev–Trinajstić information content (AvgIpc) is 2.42. The van der Waals surface area contributed by atoms with Crippen molar-refractivity contribution < 1.29 is 14.3 Å². The Morgan fingerprint density at radius 3 is 2.50 bits per heavy atom. The molecule has 2 aromatic rings. The van der Waals surface area contributed by atoms with Crippen molar-refractivity contribution in [2.75, 3.05) is 0 Å². The van der Waals surface area contributed by atoms with Gasteiger partial charge in [-0.15, -0.1) is 0 Å². The maximum absolute atomic E-state index is 12.3. The Morgan fingerprint density at radius 1 is 1.35 bits per heavy atom. The molecule has 1 N–H and O–H groups in total. The van der Waals surface area contributed by atoms with Gasteiger partial charge in [0.15, 0.2) is 11.2 Å². The number of benzene rings is 1. The molecular formula is C16H14O4. The largest absolute Gasteiger partial charge is 0.506 e. The van der Waals surface area contributed by atoms with E-state index in [4.69, 9.17) is 4.42 Å². The van der Waals surface area contributed by atoms with Gasteiger partial charge in [-0.25, -0.2) is 0 Å². The lowest BCUT2D eigenvalue weighted by Gasteiger charge is -2.10. The fraction of sp³-hybridized carbons (Fsp3) is 0.125. The summed E-state index contributed by atoms with van der Waals surface area (Å²) in [6.07, 6.45) is 2.79. The van der Waals surface area contributed by atoms with Crippen LogP contribution in [0.3, 0.4) is 0 Å². The van der Waals surface area contributed by atoms with E-state index in [2.05, 4.69) is 13.2 Å². The highest BCUT2D eigenvalue weighted by atomic mass is 16.3. The van der Waals surface area contributed by atoms with Crippen LogP contribution in [0.1, 0.15) is 34.2 Å². The van der Waals surface area contributed by atoms with Gasteiger partial charge >= 0.3 is 0 Å². The summed E-state index contributed by atoms with van der Waals surface area (Å²) in [5, 5.41) is 10.3. The molecule has 0 saturated heterocycles. The molecule has 0 radical (unpaired) electrons. The smallest absolute Gasteiger partial charge is 0.196 e. The maximum Gasteiger partial charge on any atom is 0.196 e. The predicted molar refractivity (Wildman–Crippen MR) is 79.1 cm³/mol. The summed E-state index contributed by atoms with van der Waals surface area (Å²) < 4.78 is 5.60. The number of phenolic OH excluding ortho intramolecular Hbond substituents is 1. The molecule has 0 aliphatic rings. The molecule has 0 aliphatic carbocycles. The zero-order valence-electron chi connectivity index (χ0n) is 11.3. The van der Waals surface area contributed by atoms with Crippen molar-refractivity contribution in [3.05, 3.63) is 51.9 Å². The van der Waals surface area contributed by atoms with E-state index in [1.807, 2.05) is 0 Å². The molecule has 0 aliphatic heterocycles. The highest BCUT2D eigenvalue weighted by Gasteiger charge is 2.19. The molecule has 0 saturated carbocycles. The summed E-state index contributed by atoms with van der Waals surface area (Å²) >= 11 is 0. The number of carbonyl (C=O) groups is 1. The van der Waals surface area contributed by atoms with E-state index in [1.54, 1.807) is 6.92 Å². The molecule has 0 unspecified atom stereocenters. The summed E-state index contributed by atoms with van der Waals surface area (Å²) in [4.78, 5) is 23.9. The number of carbonyl (C=O) groups excluding carboxylic acids is 1. The van der Waals surface area contributed by atoms with E-state index < -0.39 is 0 Å². The topological polar surface area (TPSA) is 67.5 Å². The Hall–Kier alpha value is -2.62. The Labute approximate surface area is 115 Å². The number of aromatic hydroxyl groups is 1. The molecule has 0 amide bonds. The molecule has 1 aromatic heterocycles. The fourth-order valence-corrected chi connectivity index (χ4v) is 2.11. The van der Waals surface area contributed by atoms with Crippen LogP contribution in [0.15, 0.2) is 28.4 Å². The van der Waals surface area contributed by atoms with E-state index in [9.17, 15) is 14.7 Å². The number of Topliss-reactive ketones (excluding diaryl/α,β-unsaturated/α-hetero) is 1. The number of hydrogen-bond acceptors (Lipinski definition) is 4. The van der Waals surface area contributed by atoms with Gasteiger partial charge < -0.3 is 9.52 Å². The molecule has 0 spiro atoms. The second-order valence-electron chi connectivity index (χ2n) is 4.45. The van der Waals surface area contributed by atoms with Gasteiger partial charge in [0.1, 0.15) is 17.1 Å². The van der Waals surface area contributed by atoms with Crippen LogP contribution >= 0.6 is 0 Å². The van der Waals surface area contributed by atoms with Crippen molar-refractivity contribution in [3.63, 3.8) is 0 Å². The first-order valence-corrected chi connectivity index (χ1v) is 6.01. The SMILES string of the molecule is C=Cc1oc2c(C=C)c(O)c(C(C)=O)cc2c(=O)c1C. The molecule has 2 rings (SSSR count). The van der Waals surface area contributed by atoms with Gasteiger partial charge in [0.25, 0.3) is 0 Å². The van der Waals surface area contributed by atoms with Crippen molar-refractivity contribution in [2.45, 2.75) is 13.8 Å². The van der Waals surface area contributed by atoms with E-state index >= 15 is 0 Å². The van der Waals surface area contributed by atoms with E-state index in [1.165, 1.54) is 25.1 Å². The number of phenols is 1. The van der Waals surface area contributed by atoms with Crippen molar-refractivity contribution in [1.29, 1.82) is 0 Å². The van der Waals surface area contributed by atoms with Gasteiger partial charge in [0, 0.05) is 5.56 Å². The molecule has 1 aromatic carbocycles. The van der Waals surface area contributed by atoms with Crippen molar-refractivity contribution >= 4 is 28.9 Å². The molecular weight excluding hydrogens is 256 g/mol. The van der Waals surface area contributed by atoms with Gasteiger partial charge in [-0.1, -0.05) is 19.2 Å². The number of hydrogen-bond donors (Lipinski definition) is 1. The van der Waals surface area contributed by atoms with Gasteiger partial charge in [-0.3, -0.25) is 9.59 Å². The second kappa shape index (κ2) is 4.81. The molecule has 102 valence electrons. The Balaban J connectivity index is 3.11. The Morgan fingerprint density at radius 2 is 2.00 bits per heavy atom. The second-order valence-corrected chi connectivity index (χ2v) is 4.45. The van der Waals surface area contributed by atoms with Crippen molar-refractivity contribution in [1.82, 2.24) is 0 Å². The zero-order chi connectivity index (χ0) is 15.0. The predicted octanol–water partition coefficient (Wildman–Crippen LogP) is 3.30. The van der Waals surface area contributed by atoms with Crippen LogP contribution in [0.4, 0.5) is 0 Å². The summed E-state index contributed by atoms with van der Waals surface area (Å²) in [5.74, 6) is -0.236. The van der Waals surface area contributed by atoms with Gasteiger partial charge in [0.05, 0.1) is 16.5 Å².